The van der Waals surface area contributed by atoms with Crippen molar-refractivity contribution in [3.63, 3.8) is 0 Å². The first-order valence-electron chi connectivity index (χ1n) is 11.2. The van der Waals surface area contributed by atoms with Gasteiger partial charge in [-0.15, -0.1) is 0 Å². The number of piperidine rings is 1. The van der Waals surface area contributed by atoms with Crippen molar-refractivity contribution in [1.29, 1.82) is 0 Å². The van der Waals surface area contributed by atoms with Gasteiger partial charge in [0, 0.05) is 5.69 Å². The van der Waals surface area contributed by atoms with Crippen LogP contribution >= 0.6 is 0 Å². The van der Waals surface area contributed by atoms with Crippen LogP contribution in [0.1, 0.15) is 78.5 Å². The fourth-order valence-corrected chi connectivity index (χ4v) is 4.99. The van der Waals surface area contributed by atoms with Crippen LogP contribution in [0.15, 0.2) is 30.3 Å². The standard InChI is InChI=1S/C24H32N2.C2H6/c1-16-13-18(3)24-21(14-16)6-8-23(24)25-22-7-5-20(15-17(22)2)19-9-11-26(4)12-10-19;1-2/h5,7,13-15,19,23,25H,6,8-12H2,1-4H3;1-2H3. The summed E-state index contributed by atoms with van der Waals surface area (Å²) in [6, 6.07) is 12.3. The summed E-state index contributed by atoms with van der Waals surface area (Å²) in [5.74, 6) is 0.733. The Morgan fingerprint density at radius 2 is 1.61 bits per heavy atom. The molecule has 0 amide bonds. The van der Waals surface area contributed by atoms with E-state index < -0.39 is 0 Å². The van der Waals surface area contributed by atoms with Gasteiger partial charge < -0.3 is 10.2 Å². The number of hydrogen-bond acceptors (Lipinski definition) is 2. The molecule has 28 heavy (non-hydrogen) atoms. The molecule has 4 rings (SSSR count). The van der Waals surface area contributed by atoms with Crippen LogP contribution in [0.4, 0.5) is 5.69 Å². The highest BCUT2D eigenvalue weighted by molar-refractivity contribution is 5.56. The normalized spacial score (nSPS) is 19.7. The predicted molar refractivity (Wildman–Crippen MR) is 123 cm³/mol. The zero-order valence-corrected chi connectivity index (χ0v) is 18.7. The first-order valence-corrected chi connectivity index (χ1v) is 11.2. The molecule has 1 heterocycles. The Morgan fingerprint density at radius 1 is 0.893 bits per heavy atom. The molecule has 0 radical (unpaired) electrons. The van der Waals surface area contributed by atoms with Crippen molar-refractivity contribution < 1.29 is 0 Å². The average Bonchev–Trinajstić information content (AvgIpc) is 3.08. The molecular formula is C26H38N2. The fourth-order valence-electron chi connectivity index (χ4n) is 4.99. The number of rotatable bonds is 3. The van der Waals surface area contributed by atoms with Gasteiger partial charge in [0.25, 0.3) is 0 Å². The van der Waals surface area contributed by atoms with E-state index in [1.807, 2.05) is 13.8 Å². The summed E-state index contributed by atoms with van der Waals surface area (Å²) >= 11 is 0. The minimum absolute atomic E-state index is 0.457. The van der Waals surface area contributed by atoms with E-state index in [1.54, 1.807) is 5.56 Å². The molecule has 2 aromatic carbocycles. The van der Waals surface area contributed by atoms with Crippen LogP contribution in [0.2, 0.25) is 0 Å². The Kier molecular flexibility index (Phi) is 6.82. The number of hydrogen-bond donors (Lipinski definition) is 1. The zero-order chi connectivity index (χ0) is 20.3. The lowest BCUT2D eigenvalue weighted by molar-refractivity contribution is 0.255. The van der Waals surface area contributed by atoms with Crippen LogP contribution in [0.3, 0.4) is 0 Å². The minimum Gasteiger partial charge on any atom is -0.378 e. The third-order valence-electron chi connectivity index (χ3n) is 6.44. The lowest BCUT2D eigenvalue weighted by Gasteiger charge is -2.29. The van der Waals surface area contributed by atoms with Crippen LogP contribution in [0.25, 0.3) is 0 Å². The van der Waals surface area contributed by atoms with E-state index in [0.29, 0.717) is 6.04 Å². The Hall–Kier alpha value is -1.80. The number of benzene rings is 2. The molecule has 2 aromatic rings. The summed E-state index contributed by atoms with van der Waals surface area (Å²) < 4.78 is 0. The van der Waals surface area contributed by atoms with Gasteiger partial charge in [0.15, 0.2) is 0 Å². The third-order valence-corrected chi connectivity index (χ3v) is 6.44. The Balaban J connectivity index is 0.00000109. The number of nitrogens with zero attached hydrogens (tertiary/aromatic N) is 1. The summed E-state index contributed by atoms with van der Waals surface area (Å²) in [4.78, 5) is 2.45. The van der Waals surface area contributed by atoms with E-state index in [2.05, 4.69) is 68.4 Å². The van der Waals surface area contributed by atoms with E-state index in [1.165, 1.54) is 72.3 Å². The maximum atomic E-state index is 3.85. The minimum atomic E-state index is 0.457. The van der Waals surface area contributed by atoms with Gasteiger partial charge in [-0.1, -0.05) is 43.7 Å². The molecule has 1 unspecified atom stereocenters. The van der Waals surface area contributed by atoms with E-state index >= 15 is 0 Å². The number of aryl methyl sites for hydroxylation is 4. The van der Waals surface area contributed by atoms with E-state index in [9.17, 15) is 0 Å². The summed E-state index contributed by atoms with van der Waals surface area (Å²) in [5.41, 5.74) is 10.1. The Labute approximate surface area is 172 Å². The van der Waals surface area contributed by atoms with Gasteiger partial charge in [0.2, 0.25) is 0 Å². The van der Waals surface area contributed by atoms with Gasteiger partial charge in [-0.25, -0.2) is 0 Å². The fraction of sp³-hybridized carbons (Fsp3) is 0.538. The van der Waals surface area contributed by atoms with Crippen molar-refractivity contribution >= 4 is 5.69 Å². The second kappa shape index (κ2) is 9.13. The molecule has 2 heteroatoms. The second-order valence-electron chi connectivity index (χ2n) is 8.54. The van der Waals surface area contributed by atoms with Crippen LogP contribution in [0.5, 0.6) is 0 Å². The second-order valence-corrected chi connectivity index (χ2v) is 8.54. The smallest absolute Gasteiger partial charge is 0.0522 e. The summed E-state index contributed by atoms with van der Waals surface area (Å²) in [7, 11) is 2.23. The Morgan fingerprint density at radius 3 is 2.29 bits per heavy atom. The number of fused-ring (bicyclic) bond motifs is 1. The van der Waals surface area contributed by atoms with Crippen molar-refractivity contribution in [3.8, 4) is 0 Å². The van der Waals surface area contributed by atoms with Crippen LogP contribution in [-0.2, 0) is 6.42 Å². The van der Waals surface area contributed by atoms with Crippen molar-refractivity contribution in [2.75, 3.05) is 25.5 Å². The summed E-state index contributed by atoms with van der Waals surface area (Å²) in [6.07, 6.45) is 4.98. The van der Waals surface area contributed by atoms with E-state index in [0.717, 1.165) is 5.92 Å². The monoisotopic (exact) mass is 378 g/mol. The molecule has 152 valence electrons. The molecule has 0 aromatic heterocycles. The van der Waals surface area contributed by atoms with E-state index in [4.69, 9.17) is 0 Å². The number of likely N-dealkylation sites (tertiary alicyclic amines) is 1. The first-order chi connectivity index (χ1) is 13.5. The molecule has 1 aliphatic heterocycles. The van der Waals surface area contributed by atoms with Crippen molar-refractivity contribution in [2.24, 2.45) is 0 Å². The van der Waals surface area contributed by atoms with Crippen molar-refractivity contribution in [3.05, 3.63) is 63.7 Å². The zero-order valence-electron chi connectivity index (χ0n) is 18.7. The average molecular weight is 379 g/mol. The molecule has 2 nitrogen and oxygen atoms in total. The molecule has 1 fully saturated rings. The number of nitrogens with one attached hydrogen (secondary N) is 1. The lowest BCUT2D eigenvalue weighted by atomic mass is 9.88. The van der Waals surface area contributed by atoms with Gasteiger partial charge in [-0.3, -0.25) is 0 Å². The molecule has 1 N–H and O–H groups in total. The molecule has 1 atom stereocenters. The predicted octanol–water partition coefficient (Wildman–Crippen LogP) is 6.55. The molecule has 1 saturated heterocycles. The molecule has 2 aliphatic rings. The van der Waals surface area contributed by atoms with Crippen molar-refractivity contribution in [1.82, 2.24) is 4.90 Å². The quantitative estimate of drug-likeness (QED) is 0.652. The van der Waals surface area contributed by atoms with E-state index in [-0.39, 0.29) is 0 Å². The maximum Gasteiger partial charge on any atom is 0.0522 e. The lowest BCUT2D eigenvalue weighted by Crippen LogP contribution is -2.29. The molecule has 1 aliphatic carbocycles. The van der Waals surface area contributed by atoms with Crippen LogP contribution in [-0.4, -0.2) is 25.0 Å². The first kappa shape index (κ1) is 20.9. The molecule has 0 bridgehead atoms. The SMILES string of the molecule is CC.Cc1cc(C)c2c(c1)CCC2Nc1ccc(C2CCN(C)CC2)cc1C. The summed E-state index contributed by atoms with van der Waals surface area (Å²) in [6.45, 7) is 13.2. The topological polar surface area (TPSA) is 15.3 Å². The van der Waals surface area contributed by atoms with Gasteiger partial charge in [-0.2, -0.15) is 0 Å². The highest BCUT2D eigenvalue weighted by Gasteiger charge is 2.25. The molecule has 0 spiro atoms. The molecule has 0 saturated carbocycles. The maximum absolute atomic E-state index is 3.85. The van der Waals surface area contributed by atoms with Gasteiger partial charge in [0.05, 0.1) is 6.04 Å². The Bertz CT molecular complexity index is 800. The van der Waals surface area contributed by atoms with Gasteiger partial charge in [0.1, 0.15) is 0 Å². The summed E-state index contributed by atoms with van der Waals surface area (Å²) in [5, 5.41) is 3.85. The highest BCUT2D eigenvalue weighted by atomic mass is 15.1. The van der Waals surface area contributed by atoms with Crippen LogP contribution < -0.4 is 5.32 Å². The largest absolute Gasteiger partial charge is 0.378 e. The van der Waals surface area contributed by atoms with Crippen LogP contribution in [0, 0.1) is 20.8 Å². The van der Waals surface area contributed by atoms with Gasteiger partial charge >= 0.3 is 0 Å². The van der Waals surface area contributed by atoms with Crippen molar-refractivity contribution in [2.45, 2.75) is 72.3 Å². The third kappa shape index (κ3) is 4.43. The highest BCUT2D eigenvalue weighted by Crippen LogP contribution is 2.38. The number of anilines is 1. The van der Waals surface area contributed by atoms with Gasteiger partial charge in [-0.05, 0) is 106 Å². The molecular weight excluding hydrogens is 340 g/mol.